The third-order valence-corrected chi connectivity index (χ3v) is 8.35. The fraction of sp³-hybridized carbons (Fsp3) is 0.440. The maximum absolute atomic E-state index is 13.4. The number of methoxy groups -OCH3 is 1. The maximum Gasteiger partial charge on any atom is 0.266 e. The van der Waals surface area contributed by atoms with Crippen LogP contribution in [0, 0.1) is 11.8 Å². The van der Waals surface area contributed by atoms with E-state index in [-0.39, 0.29) is 17.7 Å². The number of hydrogen-bond donors (Lipinski definition) is 2. The molecule has 1 aromatic carbocycles. The fourth-order valence-corrected chi connectivity index (χ4v) is 6.79. The number of amides is 1. The van der Waals surface area contributed by atoms with Crippen LogP contribution < -0.4 is 10.5 Å². The van der Waals surface area contributed by atoms with Gasteiger partial charge < -0.3 is 20.0 Å². The van der Waals surface area contributed by atoms with Crippen molar-refractivity contribution in [2.24, 2.45) is 17.6 Å². The van der Waals surface area contributed by atoms with Gasteiger partial charge in [-0.1, -0.05) is 30.4 Å². The molecule has 2 heterocycles. The number of thiocarbonyl (C=S) groups is 1. The van der Waals surface area contributed by atoms with Crippen molar-refractivity contribution in [3.05, 3.63) is 40.5 Å². The van der Waals surface area contributed by atoms with Crippen molar-refractivity contribution in [3.8, 4) is 22.8 Å². The van der Waals surface area contributed by atoms with Crippen LogP contribution in [0.1, 0.15) is 43.4 Å². The van der Waals surface area contributed by atoms with E-state index in [4.69, 9.17) is 27.1 Å². The van der Waals surface area contributed by atoms with Crippen LogP contribution in [-0.2, 0) is 11.2 Å². The van der Waals surface area contributed by atoms with Crippen LogP contribution in [0.2, 0.25) is 0 Å². The lowest BCUT2D eigenvalue weighted by Crippen LogP contribution is -2.41. The SMILES string of the molecule is COc1cc(O)cc(-c2cc(CCCN)c(/C=C3/SC(=S)N(C4CC5CCC4C5)C3=O)o2)c1. The second-order valence-corrected chi connectivity index (χ2v) is 10.8. The quantitative estimate of drug-likeness (QED) is 0.425. The van der Waals surface area contributed by atoms with E-state index in [1.165, 1.54) is 31.0 Å². The molecule has 3 N–H and O–H groups in total. The van der Waals surface area contributed by atoms with Crippen LogP contribution in [-0.4, -0.2) is 39.9 Å². The van der Waals surface area contributed by atoms with Crippen molar-refractivity contribution in [3.63, 3.8) is 0 Å². The van der Waals surface area contributed by atoms with Crippen LogP contribution in [0.4, 0.5) is 0 Å². The Labute approximate surface area is 203 Å². The Morgan fingerprint density at radius 3 is 2.85 bits per heavy atom. The second-order valence-electron chi connectivity index (χ2n) is 9.11. The summed E-state index contributed by atoms with van der Waals surface area (Å²) in [4.78, 5) is 15.8. The molecule has 2 bridgehead atoms. The van der Waals surface area contributed by atoms with Gasteiger partial charge in [0, 0.05) is 23.7 Å². The Kier molecular flexibility index (Phi) is 6.24. The van der Waals surface area contributed by atoms with Crippen molar-refractivity contribution >= 4 is 40.3 Å². The number of nitrogens with zero attached hydrogens (tertiary/aromatic N) is 1. The number of carbonyl (C=O) groups excluding carboxylic acids is 1. The molecule has 1 amide bonds. The second kappa shape index (κ2) is 9.16. The van der Waals surface area contributed by atoms with E-state index in [0.717, 1.165) is 30.7 Å². The number of aromatic hydroxyl groups is 1. The lowest BCUT2D eigenvalue weighted by atomic mass is 9.94. The van der Waals surface area contributed by atoms with E-state index in [9.17, 15) is 9.90 Å². The van der Waals surface area contributed by atoms with Crippen LogP contribution in [0.25, 0.3) is 17.4 Å². The number of carbonyl (C=O) groups is 1. The molecule has 0 radical (unpaired) electrons. The van der Waals surface area contributed by atoms with Crippen molar-refractivity contribution in [2.75, 3.05) is 13.7 Å². The Morgan fingerprint density at radius 2 is 2.15 bits per heavy atom. The minimum atomic E-state index is -0.00991. The molecule has 0 spiro atoms. The fourth-order valence-electron chi connectivity index (χ4n) is 5.45. The van der Waals surface area contributed by atoms with Gasteiger partial charge in [-0.05, 0) is 74.2 Å². The molecule has 1 aliphatic heterocycles. The predicted molar refractivity (Wildman–Crippen MR) is 134 cm³/mol. The molecule has 2 aliphatic carbocycles. The number of hydrogen-bond acceptors (Lipinski definition) is 7. The number of fused-ring (bicyclic) bond motifs is 2. The molecule has 2 saturated carbocycles. The van der Waals surface area contributed by atoms with E-state index in [1.54, 1.807) is 19.2 Å². The summed E-state index contributed by atoms with van der Waals surface area (Å²) in [7, 11) is 1.55. The Morgan fingerprint density at radius 1 is 1.30 bits per heavy atom. The number of nitrogens with two attached hydrogens (primary N) is 1. The van der Waals surface area contributed by atoms with Gasteiger partial charge in [-0.2, -0.15) is 0 Å². The molecule has 3 atom stereocenters. The zero-order valence-electron chi connectivity index (χ0n) is 18.6. The number of thioether (sulfide) groups is 1. The first-order valence-electron chi connectivity index (χ1n) is 11.4. The number of rotatable bonds is 7. The number of phenols is 1. The van der Waals surface area contributed by atoms with Gasteiger partial charge in [-0.25, -0.2) is 0 Å². The number of benzene rings is 1. The Hall–Kier alpha value is -2.29. The van der Waals surface area contributed by atoms with E-state index in [0.29, 0.717) is 44.5 Å². The molecule has 174 valence electrons. The normalized spacial score (nSPS) is 25.6. The number of aryl methyl sites for hydroxylation is 1. The summed E-state index contributed by atoms with van der Waals surface area (Å²) in [5.41, 5.74) is 7.42. The van der Waals surface area contributed by atoms with E-state index >= 15 is 0 Å². The zero-order chi connectivity index (χ0) is 23.1. The first-order valence-corrected chi connectivity index (χ1v) is 12.7. The highest BCUT2D eigenvalue weighted by Gasteiger charge is 2.48. The summed E-state index contributed by atoms with van der Waals surface area (Å²) < 4.78 is 12.1. The van der Waals surface area contributed by atoms with E-state index in [2.05, 4.69) is 0 Å². The van der Waals surface area contributed by atoms with Crippen LogP contribution in [0.5, 0.6) is 11.5 Å². The number of phenolic OH excluding ortho intramolecular Hbond substituents is 1. The molecule has 3 aliphatic rings. The molecule has 6 nitrogen and oxygen atoms in total. The zero-order valence-corrected chi connectivity index (χ0v) is 20.2. The third kappa shape index (κ3) is 4.32. The summed E-state index contributed by atoms with van der Waals surface area (Å²) >= 11 is 6.99. The first-order chi connectivity index (χ1) is 16.0. The molecular weight excluding hydrogens is 456 g/mol. The third-order valence-electron chi connectivity index (χ3n) is 7.02. The molecule has 8 heteroatoms. The molecule has 1 aromatic heterocycles. The smallest absolute Gasteiger partial charge is 0.266 e. The summed E-state index contributed by atoms with van der Waals surface area (Å²) in [6.45, 7) is 0.562. The van der Waals surface area contributed by atoms with Crippen LogP contribution >= 0.6 is 24.0 Å². The summed E-state index contributed by atoms with van der Waals surface area (Å²) in [5.74, 6) is 3.18. The standard InChI is InChI=1S/C25H28N2O4S2/c1-30-19-10-17(9-18(28)12-19)21-11-16(3-2-6-26)22(31-21)13-23-24(29)27(25(32)33-23)20-8-14-4-5-15(20)7-14/h9-15,20,28H,2-8,26H2,1H3/b23-13+. The molecule has 2 aromatic rings. The topological polar surface area (TPSA) is 88.9 Å². The van der Waals surface area contributed by atoms with Gasteiger partial charge in [0.2, 0.25) is 0 Å². The minimum absolute atomic E-state index is 0.00991. The van der Waals surface area contributed by atoms with Crippen LogP contribution in [0.15, 0.2) is 33.6 Å². The maximum atomic E-state index is 13.4. The average Bonchev–Trinajstić information content (AvgIpc) is 3.57. The molecule has 3 unspecified atom stereocenters. The van der Waals surface area contributed by atoms with Crippen molar-refractivity contribution < 1.29 is 19.1 Å². The Balaban J connectivity index is 1.46. The average molecular weight is 485 g/mol. The van der Waals surface area contributed by atoms with Gasteiger partial charge in [0.1, 0.15) is 27.3 Å². The van der Waals surface area contributed by atoms with Gasteiger partial charge in [0.15, 0.2) is 0 Å². The molecular formula is C25H28N2O4S2. The molecule has 5 rings (SSSR count). The van der Waals surface area contributed by atoms with E-state index in [1.807, 2.05) is 23.1 Å². The van der Waals surface area contributed by atoms with Gasteiger partial charge in [0.05, 0.1) is 12.0 Å². The van der Waals surface area contributed by atoms with Crippen LogP contribution in [0.3, 0.4) is 0 Å². The largest absolute Gasteiger partial charge is 0.508 e. The Bertz CT molecular complexity index is 1130. The highest BCUT2D eigenvalue weighted by atomic mass is 32.2. The van der Waals surface area contributed by atoms with Gasteiger partial charge in [-0.3, -0.25) is 9.69 Å². The van der Waals surface area contributed by atoms with Crippen molar-refractivity contribution in [1.29, 1.82) is 0 Å². The number of ether oxygens (including phenoxy) is 1. The summed E-state index contributed by atoms with van der Waals surface area (Å²) in [6.07, 6.45) is 8.12. The van der Waals surface area contributed by atoms with E-state index < -0.39 is 0 Å². The van der Waals surface area contributed by atoms with Gasteiger partial charge in [0.25, 0.3) is 5.91 Å². The van der Waals surface area contributed by atoms with Gasteiger partial charge >= 0.3 is 0 Å². The van der Waals surface area contributed by atoms with Gasteiger partial charge in [-0.15, -0.1) is 0 Å². The highest BCUT2D eigenvalue weighted by molar-refractivity contribution is 8.26. The number of furan rings is 1. The molecule has 1 saturated heterocycles. The van der Waals surface area contributed by atoms with Crippen molar-refractivity contribution in [2.45, 2.75) is 44.6 Å². The molecule has 33 heavy (non-hydrogen) atoms. The summed E-state index contributed by atoms with van der Waals surface area (Å²) in [6, 6.07) is 7.18. The minimum Gasteiger partial charge on any atom is -0.508 e. The summed E-state index contributed by atoms with van der Waals surface area (Å²) in [5, 5.41) is 10.1. The lowest BCUT2D eigenvalue weighted by molar-refractivity contribution is -0.124. The molecule has 3 fully saturated rings. The highest BCUT2D eigenvalue weighted by Crippen LogP contribution is 2.49. The monoisotopic (exact) mass is 484 g/mol. The lowest BCUT2D eigenvalue weighted by Gasteiger charge is -2.30. The predicted octanol–water partition coefficient (Wildman–Crippen LogP) is 4.94. The van der Waals surface area contributed by atoms with Crippen molar-refractivity contribution in [1.82, 2.24) is 4.90 Å². The first kappa shape index (κ1) is 22.5.